The van der Waals surface area contributed by atoms with Gasteiger partial charge in [0.25, 0.3) is 0 Å². The average molecular weight is 436 g/mol. The van der Waals surface area contributed by atoms with Gasteiger partial charge in [-0.05, 0) is 39.7 Å². The molecule has 1 fully saturated rings. The Labute approximate surface area is 184 Å². The third-order valence-corrected chi connectivity index (χ3v) is 6.53. The van der Waals surface area contributed by atoms with Crippen molar-refractivity contribution in [2.24, 2.45) is 0 Å². The summed E-state index contributed by atoms with van der Waals surface area (Å²) >= 11 is 1.44. The quantitative estimate of drug-likeness (QED) is 0.412. The first-order chi connectivity index (χ1) is 15.0. The van der Waals surface area contributed by atoms with Crippen molar-refractivity contribution in [3.63, 3.8) is 0 Å². The van der Waals surface area contributed by atoms with Crippen molar-refractivity contribution < 1.29 is 4.79 Å². The molecule has 1 atom stereocenters. The summed E-state index contributed by atoms with van der Waals surface area (Å²) < 4.78 is 4.00. The van der Waals surface area contributed by atoms with Gasteiger partial charge < -0.3 is 10.3 Å². The largest absolute Gasteiger partial charge is 0.360 e. The second-order valence-corrected chi connectivity index (χ2v) is 9.47. The van der Waals surface area contributed by atoms with Gasteiger partial charge in [-0.3, -0.25) is 9.36 Å². The summed E-state index contributed by atoms with van der Waals surface area (Å²) in [6.07, 6.45) is 5.90. The molecule has 1 amide bonds. The molecular formula is C22H25N7OS. The molecule has 1 unspecified atom stereocenters. The SMILES string of the molecule is CC(Sc1nnc(-c2c[nH]c3ccccc23)n1C1CC1)C(=O)Nc1ccnn1C(C)C. The maximum Gasteiger partial charge on any atom is 0.238 e. The third kappa shape index (κ3) is 3.74. The monoisotopic (exact) mass is 435 g/mol. The zero-order chi connectivity index (χ0) is 21.5. The topological polar surface area (TPSA) is 93.4 Å². The van der Waals surface area contributed by atoms with Crippen molar-refractivity contribution in [3.8, 4) is 11.4 Å². The molecule has 1 aliphatic carbocycles. The Balaban J connectivity index is 1.40. The molecule has 1 saturated carbocycles. The number of benzene rings is 1. The molecule has 1 aliphatic rings. The molecular weight excluding hydrogens is 410 g/mol. The van der Waals surface area contributed by atoms with Gasteiger partial charge >= 0.3 is 0 Å². The van der Waals surface area contributed by atoms with Crippen LogP contribution < -0.4 is 5.32 Å². The highest BCUT2D eigenvalue weighted by molar-refractivity contribution is 8.00. The summed E-state index contributed by atoms with van der Waals surface area (Å²) in [7, 11) is 0. The minimum Gasteiger partial charge on any atom is -0.360 e. The van der Waals surface area contributed by atoms with E-state index in [0.29, 0.717) is 11.9 Å². The molecule has 2 N–H and O–H groups in total. The van der Waals surface area contributed by atoms with Crippen LogP contribution in [0.2, 0.25) is 0 Å². The Hall–Kier alpha value is -3.07. The Kier molecular flexibility index (Phi) is 5.05. The van der Waals surface area contributed by atoms with E-state index in [2.05, 4.69) is 42.3 Å². The van der Waals surface area contributed by atoms with Crippen molar-refractivity contribution in [1.29, 1.82) is 0 Å². The average Bonchev–Trinajstić information content (AvgIpc) is 3.14. The maximum absolute atomic E-state index is 12.9. The Morgan fingerprint density at radius 3 is 2.77 bits per heavy atom. The van der Waals surface area contributed by atoms with Crippen molar-refractivity contribution in [1.82, 2.24) is 29.5 Å². The van der Waals surface area contributed by atoms with Crippen LogP contribution in [0.5, 0.6) is 0 Å². The Bertz CT molecular complexity index is 1230. The summed E-state index contributed by atoms with van der Waals surface area (Å²) in [6.45, 7) is 5.96. The van der Waals surface area contributed by atoms with Gasteiger partial charge in [-0.25, -0.2) is 4.68 Å². The maximum atomic E-state index is 12.9. The molecule has 3 heterocycles. The standard InChI is InChI=1S/C22H25N7OS/c1-13(2)29-19(10-11-24-29)25-21(30)14(3)31-22-27-26-20(28(22)15-8-9-15)17-12-23-18-7-5-4-6-16(17)18/h4-7,10-15,23H,8-9H2,1-3H3,(H,25,30). The van der Waals surface area contributed by atoms with Crippen LogP contribution in [0.4, 0.5) is 5.82 Å². The molecule has 0 aliphatic heterocycles. The highest BCUT2D eigenvalue weighted by atomic mass is 32.2. The fraction of sp³-hybridized carbons (Fsp3) is 0.364. The molecule has 5 rings (SSSR count). The van der Waals surface area contributed by atoms with Crippen molar-refractivity contribution in [2.45, 2.75) is 56.1 Å². The summed E-state index contributed by atoms with van der Waals surface area (Å²) in [5, 5.41) is 17.8. The molecule has 31 heavy (non-hydrogen) atoms. The van der Waals surface area contributed by atoms with Crippen molar-refractivity contribution in [2.75, 3.05) is 5.32 Å². The van der Waals surface area contributed by atoms with Crippen LogP contribution in [-0.2, 0) is 4.79 Å². The molecule has 160 valence electrons. The number of nitrogens with zero attached hydrogens (tertiary/aromatic N) is 5. The van der Waals surface area contributed by atoms with E-state index in [1.807, 2.05) is 45.2 Å². The second kappa shape index (κ2) is 7.88. The fourth-order valence-electron chi connectivity index (χ4n) is 3.72. The number of carbonyl (C=O) groups is 1. The first kappa shape index (κ1) is 19.9. The Morgan fingerprint density at radius 2 is 2.00 bits per heavy atom. The van der Waals surface area contributed by atoms with Crippen LogP contribution in [0.3, 0.4) is 0 Å². The number of hydrogen-bond acceptors (Lipinski definition) is 5. The van der Waals surface area contributed by atoms with Crippen LogP contribution in [0.25, 0.3) is 22.3 Å². The highest BCUT2D eigenvalue weighted by Gasteiger charge is 2.32. The molecule has 3 aromatic heterocycles. The smallest absolute Gasteiger partial charge is 0.238 e. The van der Waals surface area contributed by atoms with Gasteiger partial charge in [0, 0.05) is 40.8 Å². The van der Waals surface area contributed by atoms with E-state index in [9.17, 15) is 4.79 Å². The normalized spacial score (nSPS) is 15.0. The number of nitrogens with one attached hydrogen (secondary N) is 2. The van der Waals surface area contributed by atoms with Gasteiger partial charge in [0.1, 0.15) is 5.82 Å². The highest BCUT2D eigenvalue weighted by Crippen LogP contribution is 2.42. The van der Waals surface area contributed by atoms with Crippen LogP contribution in [0, 0.1) is 0 Å². The minimum absolute atomic E-state index is 0.0774. The predicted molar refractivity (Wildman–Crippen MR) is 122 cm³/mol. The number of carbonyl (C=O) groups excluding carboxylic acids is 1. The van der Waals surface area contributed by atoms with E-state index in [0.717, 1.165) is 40.3 Å². The zero-order valence-corrected chi connectivity index (χ0v) is 18.6. The molecule has 0 bridgehead atoms. The van der Waals surface area contributed by atoms with Crippen LogP contribution in [-0.4, -0.2) is 40.7 Å². The van der Waals surface area contributed by atoms with E-state index in [-0.39, 0.29) is 17.2 Å². The van der Waals surface area contributed by atoms with Gasteiger partial charge in [0.05, 0.1) is 11.4 Å². The van der Waals surface area contributed by atoms with Gasteiger partial charge in [0.15, 0.2) is 11.0 Å². The van der Waals surface area contributed by atoms with E-state index < -0.39 is 0 Å². The van der Waals surface area contributed by atoms with Gasteiger partial charge in [-0.2, -0.15) is 5.10 Å². The fourth-order valence-corrected chi connectivity index (χ4v) is 4.64. The van der Waals surface area contributed by atoms with Gasteiger partial charge in [0.2, 0.25) is 5.91 Å². The molecule has 0 spiro atoms. The first-order valence-corrected chi connectivity index (χ1v) is 11.4. The summed E-state index contributed by atoms with van der Waals surface area (Å²) in [5.74, 6) is 1.48. The Morgan fingerprint density at radius 1 is 1.19 bits per heavy atom. The number of aromatic amines is 1. The minimum atomic E-state index is -0.326. The van der Waals surface area contributed by atoms with E-state index in [1.54, 1.807) is 10.9 Å². The third-order valence-electron chi connectivity index (χ3n) is 5.47. The van der Waals surface area contributed by atoms with Gasteiger partial charge in [-0.15, -0.1) is 10.2 Å². The van der Waals surface area contributed by atoms with Crippen LogP contribution in [0.1, 0.15) is 45.7 Å². The number of para-hydroxylation sites is 1. The molecule has 9 heteroatoms. The molecule has 0 saturated heterocycles. The number of rotatable bonds is 7. The lowest BCUT2D eigenvalue weighted by Crippen LogP contribution is -2.25. The van der Waals surface area contributed by atoms with Crippen molar-refractivity contribution >= 4 is 34.4 Å². The second-order valence-electron chi connectivity index (χ2n) is 8.16. The molecule has 4 aromatic rings. The van der Waals surface area contributed by atoms with Gasteiger partial charge in [-0.1, -0.05) is 30.0 Å². The predicted octanol–water partition coefficient (Wildman–Crippen LogP) is 4.66. The number of anilines is 1. The van der Waals surface area contributed by atoms with Crippen LogP contribution >= 0.6 is 11.8 Å². The molecule has 0 radical (unpaired) electrons. The number of amides is 1. The lowest BCUT2D eigenvalue weighted by molar-refractivity contribution is -0.115. The number of H-pyrrole nitrogens is 1. The van der Waals surface area contributed by atoms with E-state index in [4.69, 9.17) is 0 Å². The van der Waals surface area contributed by atoms with Crippen molar-refractivity contribution in [3.05, 3.63) is 42.7 Å². The lowest BCUT2D eigenvalue weighted by Gasteiger charge is -2.15. The summed E-state index contributed by atoms with van der Waals surface area (Å²) in [5.41, 5.74) is 2.12. The number of fused-ring (bicyclic) bond motifs is 1. The van der Waals surface area contributed by atoms with Crippen LogP contribution in [0.15, 0.2) is 47.9 Å². The number of aromatic nitrogens is 6. The number of hydrogen-bond donors (Lipinski definition) is 2. The molecule has 1 aromatic carbocycles. The van der Waals surface area contributed by atoms with E-state index >= 15 is 0 Å². The first-order valence-electron chi connectivity index (χ1n) is 10.6. The summed E-state index contributed by atoms with van der Waals surface area (Å²) in [4.78, 5) is 16.2. The number of thioether (sulfide) groups is 1. The zero-order valence-electron chi connectivity index (χ0n) is 17.7. The summed E-state index contributed by atoms with van der Waals surface area (Å²) in [6, 6.07) is 10.6. The van der Waals surface area contributed by atoms with E-state index in [1.165, 1.54) is 11.8 Å². The lowest BCUT2D eigenvalue weighted by atomic mass is 10.1. The molecule has 8 nitrogen and oxygen atoms in total.